The van der Waals surface area contributed by atoms with Crippen molar-refractivity contribution in [3.8, 4) is 0 Å². The summed E-state index contributed by atoms with van der Waals surface area (Å²) in [5, 5.41) is 0.459. The summed E-state index contributed by atoms with van der Waals surface area (Å²) in [7, 11) is 0.238. The van der Waals surface area contributed by atoms with Gasteiger partial charge in [0.1, 0.15) is 10.9 Å². The van der Waals surface area contributed by atoms with Gasteiger partial charge < -0.3 is 4.74 Å². The van der Waals surface area contributed by atoms with E-state index in [-0.39, 0.29) is 7.92 Å². The normalized spacial score (nSPS) is 60.3. The minimum atomic E-state index is 0.238. The highest BCUT2D eigenvalue weighted by atomic mass is 31.1. The SMILES string of the molecule is C[P@]1CC[C@@]23CCCC[C@@]12O3. The van der Waals surface area contributed by atoms with Crippen LogP contribution < -0.4 is 0 Å². The summed E-state index contributed by atoms with van der Waals surface area (Å²) in [4.78, 5) is 0. The lowest BCUT2D eigenvalue weighted by molar-refractivity contribution is 0.271. The van der Waals surface area contributed by atoms with Crippen molar-refractivity contribution in [1.82, 2.24) is 0 Å². The molecular weight excluding hydrogens is 155 g/mol. The van der Waals surface area contributed by atoms with Crippen LogP contribution >= 0.6 is 7.92 Å². The van der Waals surface area contributed by atoms with E-state index < -0.39 is 0 Å². The van der Waals surface area contributed by atoms with Crippen LogP contribution in [0.5, 0.6) is 0 Å². The highest BCUT2D eigenvalue weighted by molar-refractivity contribution is 7.59. The van der Waals surface area contributed by atoms with Gasteiger partial charge in [0, 0.05) is 0 Å². The summed E-state index contributed by atoms with van der Waals surface area (Å²) < 4.78 is 6.03. The Balaban J connectivity index is 1.96. The van der Waals surface area contributed by atoms with Gasteiger partial charge in [-0.05, 0) is 38.5 Å². The molecule has 11 heavy (non-hydrogen) atoms. The van der Waals surface area contributed by atoms with Gasteiger partial charge in [0.2, 0.25) is 0 Å². The molecule has 0 unspecified atom stereocenters. The summed E-state index contributed by atoms with van der Waals surface area (Å²) in [6, 6.07) is 0. The van der Waals surface area contributed by atoms with E-state index in [9.17, 15) is 0 Å². The van der Waals surface area contributed by atoms with Crippen LogP contribution in [0.1, 0.15) is 32.1 Å². The first-order chi connectivity index (χ1) is 5.29. The van der Waals surface area contributed by atoms with Gasteiger partial charge in [-0.1, -0.05) is 14.3 Å². The second kappa shape index (κ2) is 1.83. The fourth-order valence-electron chi connectivity index (χ4n) is 3.11. The Bertz CT molecular complexity index is 198. The van der Waals surface area contributed by atoms with Crippen molar-refractivity contribution in [3.63, 3.8) is 0 Å². The minimum absolute atomic E-state index is 0.238. The summed E-state index contributed by atoms with van der Waals surface area (Å²) >= 11 is 0. The number of hydrogen-bond donors (Lipinski definition) is 0. The van der Waals surface area contributed by atoms with Gasteiger partial charge in [0.15, 0.2) is 0 Å². The molecule has 3 rings (SSSR count). The Morgan fingerprint density at radius 2 is 2.00 bits per heavy atom. The zero-order valence-corrected chi connectivity index (χ0v) is 7.99. The van der Waals surface area contributed by atoms with E-state index in [1.165, 1.54) is 38.3 Å². The zero-order chi connectivity index (χ0) is 7.53. The van der Waals surface area contributed by atoms with Crippen LogP contribution in [0.2, 0.25) is 0 Å². The van der Waals surface area contributed by atoms with Gasteiger partial charge in [-0.3, -0.25) is 0 Å². The molecule has 62 valence electrons. The Hall–Kier alpha value is 0.390. The number of hydrogen-bond acceptors (Lipinski definition) is 1. The Morgan fingerprint density at radius 3 is 2.82 bits per heavy atom. The highest BCUT2D eigenvalue weighted by Gasteiger charge is 2.75. The molecule has 0 bridgehead atoms. The van der Waals surface area contributed by atoms with Crippen molar-refractivity contribution < 1.29 is 4.74 Å². The van der Waals surface area contributed by atoms with Crippen molar-refractivity contribution in [1.29, 1.82) is 0 Å². The standard InChI is InChI=1S/C9H15OP/c1-11-7-6-8-4-2-3-5-9(8,11)10-8/h2-7H2,1H3/t8-,9+,11+/m0/s1. The Morgan fingerprint density at radius 1 is 1.18 bits per heavy atom. The lowest BCUT2D eigenvalue weighted by Gasteiger charge is -2.21. The average molecular weight is 170 g/mol. The van der Waals surface area contributed by atoms with E-state index >= 15 is 0 Å². The fourth-order valence-corrected chi connectivity index (χ4v) is 5.96. The van der Waals surface area contributed by atoms with Crippen molar-refractivity contribution in [2.45, 2.75) is 43.0 Å². The summed E-state index contributed by atoms with van der Waals surface area (Å²) in [5.74, 6) is 0. The van der Waals surface area contributed by atoms with Crippen molar-refractivity contribution in [2.75, 3.05) is 12.8 Å². The van der Waals surface area contributed by atoms with Crippen molar-refractivity contribution >= 4 is 7.92 Å². The minimum Gasteiger partial charge on any atom is -0.358 e. The molecule has 0 aromatic rings. The van der Waals surface area contributed by atoms with Gasteiger partial charge in [-0.2, -0.15) is 0 Å². The molecule has 1 nitrogen and oxygen atoms in total. The van der Waals surface area contributed by atoms with Crippen LogP contribution in [0.25, 0.3) is 0 Å². The summed E-state index contributed by atoms with van der Waals surface area (Å²) in [6.45, 7) is 2.44. The van der Waals surface area contributed by atoms with Crippen LogP contribution in [0.3, 0.4) is 0 Å². The zero-order valence-electron chi connectivity index (χ0n) is 7.10. The van der Waals surface area contributed by atoms with Crippen molar-refractivity contribution in [3.05, 3.63) is 0 Å². The monoisotopic (exact) mass is 170 g/mol. The van der Waals surface area contributed by atoms with Crippen LogP contribution in [0.4, 0.5) is 0 Å². The second-order valence-corrected chi connectivity index (χ2v) is 6.82. The molecule has 2 heterocycles. The molecule has 3 fully saturated rings. The fraction of sp³-hybridized carbons (Fsp3) is 1.00. The van der Waals surface area contributed by atoms with Gasteiger partial charge in [-0.25, -0.2) is 0 Å². The quantitative estimate of drug-likeness (QED) is 0.402. The molecule has 2 saturated heterocycles. The predicted molar refractivity (Wildman–Crippen MR) is 47.3 cm³/mol. The second-order valence-electron chi connectivity index (χ2n) is 4.26. The first-order valence-electron chi connectivity index (χ1n) is 4.71. The van der Waals surface area contributed by atoms with Gasteiger partial charge >= 0.3 is 0 Å². The maximum atomic E-state index is 6.03. The molecule has 0 spiro atoms. The van der Waals surface area contributed by atoms with Crippen LogP contribution in [-0.2, 0) is 4.74 Å². The first-order valence-corrected chi connectivity index (χ1v) is 6.68. The topological polar surface area (TPSA) is 12.5 Å². The molecule has 3 aliphatic rings. The Labute approximate surface area is 69.3 Å². The average Bonchev–Trinajstić information content (AvgIpc) is 2.63. The highest BCUT2D eigenvalue weighted by Crippen LogP contribution is 2.78. The molecule has 3 atom stereocenters. The third-order valence-electron chi connectivity index (χ3n) is 3.85. The van der Waals surface area contributed by atoms with Crippen LogP contribution in [-0.4, -0.2) is 23.8 Å². The molecule has 0 aromatic carbocycles. The first kappa shape index (κ1) is 6.86. The molecule has 0 aromatic heterocycles. The van der Waals surface area contributed by atoms with Crippen LogP contribution in [0, 0.1) is 0 Å². The third kappa shape index (κ3) is 0.618. The third-order valence-corrected chi connectivity index (χ3v) is 6.70. The van der Waals surface area contributed by atoms with E-state index in [4.69, 9.17) is 4.74 Å². The van der Waals surface area contributed by atoms with Crippen molar-refractivity contribution in [2.24, 2.45) is 0 Å². The lowest BCUT2D eigenvalue weighted by Crippen LogP contribution is -2.22. The molecule has 1 aliphatic carbocycles. The maximum absolute atomic E-state index is 6.03. The molecule has 2 aliphatic heterocycles. The number of epoxide rings is 1. The van der Waals surface area contributed by atoms with Gasteiger partial charge in [0.25, 0.3) is 0 Å². The van der Waals surface area contributed by atoms with E-state index in [1.54, 1.807) is 0 Å². The smallest absolute Gasteiger partial charge is 0.116 e. The van der Waals surface area contributed by atoms with E-state index in [2.05, 4.69) is 6.66 Å². The molecule has 1 saturated carbocycles. The molecular formula is C9H15OP. The van der Waals surface area contributed by atoms with E-state index in [0.717, 1.165) is 0 Å². The number of ether oxygens (including phenoxy) is 1. The predicted octanol–water partition coefficient (Wildman–Crippen LogP) is 2.54. The summed E-state index contributed by atoms with van der Waals surface area (Å²) in [6.07, 6.45) is 8.47. The molecule has 0 radical (unpaired) electrons. The largest absolute Gasteiger partial charge is 0.358 e. The van der Waals surface area contributed by atoms with Gasteiger partial charge in [-0.15, -0.1) is 0 Å². The molecule has 0 amide bonds. The maximum Gasteiger partial charge on any atom is 0.116 e. The molecule has 0 N–H and O–H groups in total. The molecule has 2 heteroatoms. The number of rotatable bonds is 0. The van der Waals surface area contributed by atoms with E-state index in [0.29, 0.717) is 10.9 Å². The van der Waals surface area contributed by atoms with E-state index in [1.807, 2.05) is 0 Å². The summed E-state index contributed by atoms with van der Waals surface area (Å²) in [5.41, 5.74) is 0.436. The van der Waals surface area contributed by atoms with Crippen LogP contribution in [0.15, 0.2) is 0 Å². The Kier molecular flexibility index (Phi) is 1.14. The lowest BCUT2D eigenvalue weighted by atomic mass is 9.87. The van der Waals surface area contributed by atoms with Gasteiger partial charge in [0.05, 0.1) is 0 Å².